The number of aryl methyl sites for hydroxylation is 1. The van der Waals surface area contributed by atoms with Gasteiger partial charge in [-0.1, -0.05) is 41.4 Å². The van der Waals surface area contributed by atoms with Crippen molar-refractivity contribution >= 4 is 46.6 Å². The molecule has 31 heavy (non-hydrogen) atoms. The molecule has 1 fully saturated rings. The Morgan fingerprint density at radius 2 is 2.00 bits per heavy atom. The minimum Gasteiger partial charge on any atom is -0.490 e. The van der Waals surface area contributed by atoms with E-state index in [1.807, 2.05) is 38.1 Å². The van der Waals surface area contributed by atoms with Crippen LogP contribution in [0.15, 0.2) is 41.3 Å². The molecule has 162 valence electrons. The molecule has 1 heterocycles. The summed E-state index contributed by atoms with van der Waals surface area (Å²) in [4.78, 5) is 36.0. The first-order chi connectivity index (χ1) is 14.8. The van der Waals surface area contributed by atoms with Gasteiger partial charge < -0.3 is 14.6 Å². The predicted molar refractivity (Wildman–Crippen MR) is 118 cm³/mol. The van der Waals surface area contributed by atoms with E-state index in [1.165, 1.54) is 6.08 Å². The zero-order valence-electron chi connectivity index (χ0n) is 16.9. The number of nitrogens with zero attached hydrogens (tertiary/aromatic N) is 1. The van der Waals surface area contributed by atoms with Gasteiger partial charge in [0.05, 0.1) is 16.5 Å². The van der Waals surface area contributed by atoms with Gasteiger partial charge in [0, 0.05) is 0 Å². The van der Waals surface area contributed by atoms with Crippen molar-refractivity contribution in [3.05, 3.63) is 63.0 Å². The second-order valence-corrected chi connectivity index (χ2v) is 8.10. The molecule has 0 bridgehead atoms. The van der Waals surface area contributed by atoms with E-state index >= 15 is 0 Å². The third-order valence-electron chi connectivity index (χ3n) is 4.26. The van der Waals surface area contributed by atoms with Gasteiger partial charge in [-0.3, -0.25) is 19.3 Å². The number of halogens is 1. The predicted octanol–water partition coefficient (Wildman–Crippen LogP) is 4.75. The highest BCUT2D eigenvalue weighted by molar-refractivity contribution is 8.18. The van der Waals surface area contributed by atoms with E-state index < -0.39 is 23.7 Å². The molecule has 2 aromatic rings. The molecule has 1 saturated heterocycles. The summed E-state index contributed by atoms with van der Waals surface area (Å²) in [6, 6.07) is 11.2. The van der Waals surface area contributed by atoms with Crippen LogP contribution in [0.5, 0.6) is 11.5 Å². The van der Waals surface area contributed by atoms with Gasteiger partial charge in [0.1, 0.15) is 13.2 Å². The minimum absolute atomic E-state index is 0.109. The molecule has 0 atom stereocenters. The number of carboxylic acids is 1. The molecular formula is C22H20ClNO6S. The topological polar surface area (TPSA) is 93.1 Å². The van der Waals surface area contributed by atoms with E-state index in [2.05, 4.69) is 0 Å². The number of aliphatic carboxylic acids is 1. The maximum absolute atomic E-state index is 12.4. The number of carbonyl (C=O) groups is 3. The number of carboxylic acid groups (broad SMARTS) is 1. The van der Waals surface area contributed by atoms with Crippen LogP contribution >= 0.6 is 23.4 Å². The fourth-order valence-electron chi connectivity index (χ4n) is 2.95. The fraction of sp³-hybridized carbons (Fsp3) is 0.227. The lowest BCUT2D eigenvalue weighted by atomic mass is 10.1. The minimum atomic E-state index is -1.26. The van der Waals surface area contributed by atoms with Crippen LogP contribution in [0.3, 0.4) is 0 Å². The zero-order valence-corrected chi connectivity index (χ0v) is 18.5. The second kappa shape index (κ2) is 9.89. The molecule has 0 radical (unpaired) electrons. The molecule has 3 rings (SSSR count). The number of thioether (sulfide) groups is 1. The molecule has 9 heteroatoms. The number of rotatable bonds is 8. The molecule has 1 aliphatic heterocycles. The van der Waals surface area contributed by atoms with Crippen molar-refractivity contribution in [2.24, 2.45) is 0 Å². The monoisotopic (exact) mass is 461 g/mol. The van der Waals surface area contributed by atoms with Gasteiger partial charge >= 0.3 is 5.97 Å². The number of benzene rings is 2. The summed E-state index contributed by atoms with van der Waals surface area (Å²) in [7, 11) is 0. The summed E-state index contributed by atoms with van der Waals surface area (Å²) in [5, 5.41) is 8.53. The van der Waals surface area contributed by atoms with Gasteiger partial charge in [0.15, 0.2) is 11.5 Å². The van der Waals surface area contributed by atoms with Crippen LogP contribution in [0.4, 0.5) is 4.79 Å². The van der Waals surface area contributed by atoms with E-state index in [-0.39, 0.29) is 9.93 Å². The summed E-state index contributed by atoms with van der Waals surface area (Å²) < 4.78 is 11.6. The van der Waals surface area contributed by atoms with Crippen LogP contribution in [-0.4, -0.2) is 40.3 Å². The number of amides is 2. The summed E-state index contributed by atoms with van der Waals surface area (Å²) in [5.41, 5.74) is 2.62. The Hall–Kier alpha value is -2.97. The van der Waals surface area contributed by atoms with Crippen LogP contribution in [0.2, 0.25) is 5.02 Å². The quantitative estimate of drug-likeness (QED) is 0.567. The Labute approximate surface area is 188 Å². The molecule has 7 nitrogen and oxygen atoms in total. The first-order valence-electron chi connectivity index (χ1n) is 9.40. The van der Waals surface area contributed by atoms with E-state index in [9.17, 15) is 14.4 Å². The number of carbonyl (C=O) groups excluding carboxylic acids is 2. The molecule has 0 aliphatic carbocycles. The van der Waals surface area contributed by atoms with Crippen molar-refractivity contribution in [2.45, 2.75) is 20.5 Å². The van der Waals surface area contributed by atoms with Crippen LogP contribution in [0, 0.1) is 6.92 Å². The highest BCUT2D eigenvalue weighted by atomic mass is 35.5. The van der Waals surface area contributed by atoms with Gasteiger partial charge in [-0.15, -0.1) is 0 Å². The number of hydrogen-bond donors (Lipinski definition) is 1. The highest BCUT2D eigenvalue weighted by Crippen LogP contribution is 2.39. The van der Waals surface area contributed by atoms with Gasteiger partial charge in [0.25, 0.3) is 11.1 Å². The largest absolute Gasteiger partial charge is 0.490 e. The SMILES string of the molecule is CCOc1cc(/C=C2/SC(=O)N(CC(=O)O)C2=O)cc(Cl)c1OCc1cccc(C)c1. The van der Waals surface area contributed by atoms with Crippen molar-refractivity contribution in [3.63, 3.8) is 0 Å². The average molecular weight is 462 g/mol. The Bertz CT molecular complexity index is 1070. The van der Waals surface area contributed by atoms with Crippen molar-refractivity contribution < 1.29 is 29.0 Å². The number of hydrogen-bond acceptors (Lipinski definition) is 6. The molecule has 0 saturated carbocycles. The van der Waals surface area contributed by atoms with E-state index in [0.29, 0.717) is 46.9 Å². The van der Waals surface area contributed by atoms with Crippen LogP contribution in [0.1, 0.15) is 23.6 Å². The number of imide groups is 1. The zero-order chi connectivity index (χ0) is 22.5. The van der Waals surface area contributed by atoms with Crippen molar-refractivity contribution in [3.8, 4) is 11.5 Å². The van der Waals surface area contributed by atoms with Crippen molar-refractivity contribution in [2.75, 3.05) is 13.2 Å². The average Bonchev–Trinajstić information content (AvgIpc) is 2.94. The Kier molecular flexibility index (Phi) is 7.25. The van der Waals surface area contributed by atoms with Gasteiger partial charge in [-0.2, -0.15) is 0 Å². The summed E-state index contributed by atoms with van der Waals surface area (Å²) in [6.45, 7) is 3.81. The maximum Gasteiger partial charge on any atom is 0.323 e. The molecule has 0 aromatic heterocycles. The smallest absolute Gasteiger partial charge is 0.323 e. The highest BCUT2D eigenvalue weighted by Gasteiger charge is 2.36. The third-order valence-corrected chi connectivity index (χ3v) is 5.45. The van der Waals surface area contributed by atoms with Crippen LogP contribution < -0.4 is 9.47 Å². The van der Waals surface area contributed by atoms with Crippen molar-refractivity contribution in [1.29, 1.82) is 0 Å². The van der Waals surface area contributed by atoms with E-state index in [1.54, 1.807) is 12.1 Å². The molecular weight excluding hydrogens is 442 g/mol. The Morgan fingerprint density at radius 1 is 1.23 bits per heavy atom. The Morgan fingerprint density at radius 3 is 2.68 bits per heavy atom. The normalized spacial score (nSPS) is 14.9. The molecule has 0 spiro atoms. The van der Waals surface area contributed by atoms with Gasteiger partial charge in [-0.25, -0.2) is 0 Å². The lowest BCUT2D eigenvalue weighted by Gasteiger charge is -2.15. The molecule has 0 unspecified atom stereocenters. The maximum atomic E-state index is 12.4. The first-order valence-corrected chi connectivity index (χ1v) is 10.6. The Balaban J connectivity index is 1.86. The lowest BCUT2D eigenvalue weighted by Crippen LogP contribution is -2.33. The molecule has 1 N–H and O–H groups in total. The van der Waals surface area contributed by atoms with E-state index in [0.717, 1.165) is 11.1 Å². The van der Waals surface area contributed by atoms with Crippen LogP contribution in [-0.2, 0) is 16.2 Å². The lowest BCUT2D eigenvalue weighted by molar-refractivity contribution is -0.140. The van der Waals surface area contributed by atoms with Crippen LogP contribution in [0.25, 0.3) is 6.08 Å². The molecule has 2 aromatic carbocycles. The summed E-state index contributed by atoms with van der Waals surface area (Å²) >= 11 is 7.11. The molecule has 1 aliphatic rings. The van der Waals surface area contributed by atoms with Gasteiger partial charge in [-0.05, 0) is 54.9 Å². The second-order valence-electron chi connectivity index (χ2n) is 6.70. The third kappa shape index (κ3) is 5.59. The fourth-order valence-corrected chi connectivity index (χ4v) is 4.07. The summed E-state index contributed by atoms with van der Waals surface area (Å²) in [5.74, 6) is -1.15. The standard InChI is InChI=1S/C22H20ClNO6S/c1-3-29-17-9-15(10-18-21(27)24(11-19(25)26)22(28)31-18)8-16(23)20(17)30-12-14-6-4-5-13(2)7-14/h4-10H,3,11-12H2,1-2H3,(H,25,26)/b18-10+. The van der Waals surface area contributed by atoms with Gasteiger partial charge in [0.2, 0.25) is 0 Å². The first kappa shape index (κ1) is 22.7. The van der Waals surface area contributed by atoms with Crippen molar-refractivity contribution in [1.82, 2.24) is 4.90 Å². The van der Waals surface area contributed by atoms with E-state index in [4.69, 9.17) is 26.2 Å². The number of ether oxygens (including phenoxy) is 2. The molecule has 2 amide bonds. The summed E-state index contributed by atoms with van der Waals surface area (Å²) in [6.07, 6.45) is 1.48.